The van der Waals surface area contributed by atoms with Gasteiger partial charge in [-0.2, -0.15) is 0 Å². The Balaban J connectivity index is 2.21. The molecule has 1 heterocycles. The Hall–Kier alpha value is -1.53. The van der Waals surface area contributed by atoms with E-state index in [0.29, 0.717) is 31.8 Å². The number of hydrogen-bond donors (Lipinski definition) is 1. The maximum atomic E-state index is 13.9. The molecule has 0 aliphatic carbocycles. The van der Waals surface area contributed by atoms with E-state index in [2.05, 4.69) is 5.32 Å². The van der Waals surface area contributed by atoms with Crippen molar-refractivity contribution in [1.82, 2.24) is 10.2 Å². The lowest BCUT2D eigenvalue weighted by molar-refractivity contribution is -0.151. The van der Waals surface area contributed by atoms with Crippen LogP contribution < -0.4 is 5.32 Å². The van der Waals surface area contributed by atoms with Crippen molar-refractivity contribution in [2.75, 3.05) is 26.2 Å². The Morgan fingerprint density at radius 1 is 1.52 bits per heavy atom. The zero-order valence-corrected chi connectivity index (χ0v) is 12.2. The van der Waals surface area contributed by atoms with Crippen molar-refractivity contribution in [1.29, 1.82) is 0 Å². The molecule has 116 valence electrons. The van der Waals surface area contributed by atoms with Gasteiger partial charge >= 0.3 is 5.97 Å². The lowest BCUT2D eigenvalue weighted by Gasteiger charge is -2.38. The van der Waals surface area contributed by atoms with Crippen molar-refractivity contribution >= 4 is 5.97 Å². The Morgan fingerprint density at radius 3 is 2.95 bits per heavy atom. The number of carbonyl (C=O) groups is 1. The molecule has 1 fully saturated rings. The molecular formula is C15H20F2N2O2. The average Bonchev–Trinajstić information content (AvgIpc) is 2.47. The number of carbonyl (C=O) groups excluding carboxylic acids is 1. The predicted octanol–water partition coefficient (Wildman–Crippen LogP) is 1.86. The van der Waals surface area contributed by atoms with Crippen LogP contribution in [0.4, 0.5) is 8.78 Å². The minimum Gasteiger partial charge on any atom is -0.465 e. The van der Waals surface area contributed by atoms with Crippen LogP contribution in [0.3, 0.4) is 0 Å². The van der Waals surface area contributed by atoms with Crippen molar-refractivity contribution < 1.29 is 18.3 Å². The number of piperazine rings is 1. The van der Waals surface area contributed by atoms with Crippen LogP contribution in [0.25, 0.3) is 0 Å². The summed E-state index contributed by atoms with van der Waals surface area (Å²) in [6.45, 7) is 5.65. The van der Waals surface area contributed by atoms with E-state index in [0.717, 1.165) is 6.07 Å². The van der Waals surface area contributed by atoms with E-state index in [1.54, 1.807) is 6.92 Å². The van der Waals surface area contributed by atoms with E-state index in [-0.39, 0.29) is 12.0 Å². The normalized spacial score (nSPS) is 21.0. The molecule has 0 aromatic heterocycles. The number of esters is 1. The van der Waals surface area contributed by atoms with Crippen LogP contribution in [-0.4, -0.2) is 43.2 Å². The Bertz CT molecular complexity index is 510. The third kappa shape index (κ3) is 3.57. The van der Waals surface area contributed by atoms with Gasteiger partial charge in [0.25, 0.3) is 0 Å². The third-order valence-electron chi connectivity index (χ3n) is 3.75. The molecular weight excluding hydrogens is 278 g/mol. The maximum absolute atomic E-state index is 13.9. The van der Waals surface area contributed by atoms with Gasteiger partial charge in [-0.3, -0.25) is 9.69 Å². The molecule has 0 radical (unpaired) electrons. The van der Waals surface area contributed by atoms with Gasteiger partial charge in [-0.1, -0.05) is 6.07 Å². The second kappa shape index (κ2) is 6.95. The summed E-state index contributed by atoms with van der Waals surface area (Å²) in [4.78, 5) is 13.9. The summed E-state index contributed by atoms with van der Waals surface area (Å²) in [5.74, 6) is -1.52. The van der Waals surface area contributed by atoms with Crippen molar-refractivity contribution in [3.63, 3.8) is 0 Å². The summed E-state index contributed by atoms with van der Waals surface area (Å²) in [6.07, 6.45) is 0. The predicted molar refractivity (Wildman–Crippen MR) is 74.8 cm³/mol. The summed E-state index contributed by atoms with van der Waals surface area (Å²) >= 11 is 0. The largest absolute Gasteiger partial charge is 0.465 e. The van der Waals surface area contributed by atoms with Crippen LogP contribution in [0, 0.1) is 11.6 Å². The summed E-state index contributed by atoms with van der Waals surface area (Å²) < 4.78 is 32.0. The highest BCUT2D eigenvalue weighted by atomic mass is 19.1. The van der Waals surface area contributed by atoms with Gasteiger partial charge in [-0.25, -0.2) is 8.78 Å². The fourth-order valence-corrected chi connectivity index (χ4v) is 2.66. The summed E-state index contributed by atoms with van der Waals surface area (Å²) in [6, 6.07) is 2.74. The van der Waals surface area contributed by atoms with Gasteiger partial charge in [-0.15, -0.1) is 0 Å². The molecule has 2 unspecified atom stereocenters. The zero-order valence-electron chi connectivity index (χ0n) is 12.2. The molecule has 0 amide bonds. The second-order valence-electron chi connectivity index (χ2n) is 5.05. The molecule has 1 aliphatic heterocycles. The topological polar surface area (TPSA) is 41.6 Å². The molecule has 4 nitrogen and oxygen atoms in total. The standard InChI is InChI=1S/C15H20F2N2O2/c1-3-21-15(20)14-9-18-6-7-19(14)10(2)12-5-4-11(16)8-13(12)17/h4-5,8,10,14,18H,3,6-7,9H2,1-2H3. The second-order valence-corrected chi connectivity index (χ2v) is 5.05. The number of hydrogen-bond acceptors (Lipinski definition) is 4. The van der Waals surface area contributed by atoms with Crippen LogP contribution >= 0.6 is 0 Å². The van der Waals surface area contributed by atoms with E-state index < -0.39 is 17.7 Å². The van der Waals surface area contributed by atoms with E-state index in [9.17, 15) is 13.6 Å². The highest BCUT2D eigenvalue weighted by Crippen LogP contribution is 2.26. The third-order valence-corrected chi connectivity index (χ3v) is 3.75. The van der Waals surface area contributed by atoms with Crippen molar-refractivity contribution in [2.45, 2.75) is 25.9 Å². The molecule has 6 heteroatoms. The maximum Gasteiger partial charge on any atom is 0.324 e. The first-order valence-electron chi connectivity index (χ1n) is 7.12. The zero-order chi connectivity index (χ0) is 15.4. The number of nitrogens with zero attached hydrogens (tertiary/aromatic N) is 1. The van der Waals surface area contributed by atoms with E-state index in [1.807, 2.05) is 11.8 Å². The first-order chi connectivity index (χ1) is 10.0. The molecule has 21 heavy (non-hydrogen) atoms. The Morgan fingerprint density at radius 2 is 2.29 bits per heavy atom. The molecule has 1 aromatic rings. The van der Waals surface area contributed by atoms with Crippen molar-refractivity contribution in [3.8, 4) is 0 Å². The summed E-state index contributed by atoms with van der Waals surface area (Å²) in [5, 5.41) is 3.14. The van der Waals surface area contributed by atoms with Crippen LogP contribution in [0.2, 0.25) is 0 Å². The van der Waals surface area contributed by atoms with Crippen LogP contribution in [0.15, 0.2) is 18.2 Å². The van der Waals surface area contributed by atoms with Crippen LogP contribution in [0.1, 0.15) is 25.5 Å². The van der Waals surface area contributed by atoms with Crippen LogP contribution in [0.5, 0.6) is 0 Å². The summed E-state index contributed by atoms with van der Waals surface area (Å²) in [5.41, 5.74) is 0.382. The minimum atomic E-state index is -0.606. The average molecular weight is 298 g/mol. The van der Waals surface area contributed by atoms with Gasteiger partial charge in [0.2, 0.25) is 0 Å². The Labute approximate surface area is 123 Å². The molecule has 1 N–H and O–H groups in total. The first-order valence-corrected chi connectivity index (χ1v) is 7.12. The molecule has 0 saturated carbocycles. The fourth-order valence-electron chi connectivity index (χ4n) is 2.66. The molecule has 1 saturated heterocycles. The lowest BCUT2D eigenvalue weighted by Crippen LogP contribution is -2.56. The van der Waals surface area contributed by atoms with Gasteiger partial charge in [0.05, 0.1) is 6.61 Å². The van der Waals surface area contributed by atoms with Gasteiger partial charge in [-0.05, 0) is 19.9 Å². The monoisotopic (exact) mass is 298 g/mol. The van der Waals surface area contributed by atoms with Gasteiger partial charge in [0.15, 0.2) is 0 Å². The highest BCUT2D eigenvalue weighted by Gasteiger charge is 2.34. The fraction of sp³-hybridized carbons (Fsp3) is 0.533. The first kappa shape index (κ1) is 15.9. The highest BCUT2D eigenvalue weighted by molar-refractivity contribution is 5.76. The Kier molecular flexibility index (Phi) is 5.25. The van der Waals surface area contributed by atoms with Gasteiger partial charge in [0.1, 0.15) is 17.7 Å². The van der Waals surface area contributed by atoms with E-state index >= 15 is 0 Å². The van der Waals surface area contributed by atoms with Gasteiger partial charge < -0.3 is 10.1 Å². The number of halogens is 2. The SMILES string of the molecule is CCOC(=O)C1CNCCN1C(C)c1ccc(F)cc1F. The quantitative estimate of drug-likeness (QED) is 0.862. The molecule has 0 bridgehead atoms. The van der Waals surface area contributed by atoms with Gasteiger partial charge in [0, 0.05) is 37.3 Å². The van der Waals surface area contributed by atoms with E-state index in [4.69, 9.17) is 4.74 Å². The smallest absolute Gasteiger partial charge is 0.324 e. The molecule has 0 spiro atoms. The number of benzene rings is 1. The number of ether oxygens (including phenoxy) is 1. The number of nitrogens with one attached hydrogen (secondary N) is 1. The van der Waals surface area contributed by atoms with E-state index in [1.165, 1.54) is 12.1 Å². The lowest BCUT2D eigenvalue weighted by atomic mass is 10.0. The summed E-state index contributed by atoms with van der Waals surface area (Å²) in [7, 11) is 0. The molecule has 1 aromatic carbocycles. The minimum absolute atomic E-state index is 0.308. The number of rotatable bonds is 4. The van der Waals surface area contributed by atoms with Crippen molar-refractivity contribution in [3.05, 3.63) is 35.4 Å². The molecule has 1 aliphatic rings. The van der Waals surface area contributed by atoms with Crippen LogP contribution in [-0.2, 0) is 9.53 Å². The molecule has 2 rings (SSSR count). The van der Waals surface area contributed by atoms with Crippen molar-refractivity contribution in [2.24, 2.45) is 0 Å². The molecule has 2 atom stereocenters.